The standard InChI is InChI=1S/C22H36O5/c1-15(2)6-5-7-17(12-23)18-8-10-21(4)14-22(26,11-9-20(21)25)19(18)13-27-16(3)24/h6-7,18-20,23,25-26H,5,8-14H2,1-4H3/b17-7+/t18-,19-,20+,21+,22-/m1/s1. The van der Waals surface area contributed by atoms with Crippen molar-refractivity contribution in [2.24, 2.45) is 17.3 Å². The van der Waals surface area contributed by atoms with Gasteiger partial charge < -0.3 is 20.1 Å². The number of esters is 1. The summed E-state index contributed by atoms with van der Waals surface area (Å²) in [5.74, 6) is -0.711. The number of hydrogen-bond acceptors (Lipinski definition) is 5. The van der Waals surface area contributed by atoms with Crippen LogP contribution in [0.15, 0.2) is 23.3 Å². The van der Waals surface area contributed by atoms with Crippen molar-refractivity contribution >= 4 is 5.97 Å². The third kappa shape index (κ3) is 5.21. The number of carbonyl (C=O) groups excluding carboxylic acids is 1. The third-order valence-electron chi connectivity index (χ3n) is 6.60. The Hall–Kier alpha value is -1.17. The molecule has 154 valence electrons. The highest BCUT2D eigenvalue weighted by Crippen LogP contribution is 2.54. The summed E-state index contributed by atoms with van der Waals surface area (Å²) in [6, 6.07) is 0. The number of hydrogen-bond donors (Lipinski definition) is 3. The lowest BCUT2D eigenvalue weighted by Crippen LogP contribution is -2.52. The quantitative estimate of drug-likeness (QED) is 0.487. The molecular weight excluding hydrogens is 344 g/mol. The van der Waals surface area contributed by atoms with Crippen LogP contribution in [-0.2, 0) is 9.53 Å². The molecule has 5 nitrogen and oxygen atoms in total. The maximum atomic E-state index is 11.5. The van der Waals surface area contributed by atoms with Crippen molar-refractivity contribution in [3.8, 4) is 0 Å². The molecule has 27 heavy (non-hydrogen) atoms. The van der Waals surface area contributed by atoms with Gasteiger partial charge in [0.2, 0.25) is 0 Å². The second kappa shape index (κ2) is 8.89. The number of ether oxygens (including phenoxy) is 1. The zero-order chi connectivity index (χ0) is 20.2. The van der Waals surface area contributed by atoms with Crippen LogP contribution in [0.5, 0.6) is 0 Å². The lowest BCUT2D eigenvalue weighted by atomic mass is 9.63. The second-order valence-electron chi connectivity index (χ2n) is 9.00. The first-order valence-corrected chi connectivity index (χ1v) is 10.1. The Labute approximate surface area is 163 Å². The molecule has 0 heterocycles. The number of allylic oxidation sites excluding steroid dienone is 3. The Morgan fingerprint density at radius 1 is 1.19 bits per heavy atom. The molecule has 0 aromatic rings. The molecule has 2 aliphatic carbocycles. The van der Waals surface area contributed by atoms with Gasteiger partial charge in [0.15, 0.2) is 0 Å². The zero-order valence-corrected chi connectivity index (χ0v) is 17.2. The summed E-state index contributed by atoms with van der Waals surface area (Å²) < 4.78 is 5.34. The fraction of sp³-hybridized carbons (Fsp3) is 0.773. The topological polar surface area (TPSA) is 87.0 Å². The number of fused-ring (bicyclic) bond motifs is 2. The van der Waals surface area contributed by atoms with E-state index in [2.05, 4.69) is 6.08 Å². The van der Waals surface area contributed by atoms with Crippen LogP contribution in [0.2, 0.25) is 0 Å². The van der Waals surface area contributed by atoms with Crippen LogP contribution >= 0.6 is 0 Å². The average Bonchev–Trinajstić information content (AvgIpc) is 2.67. The Bertz CT molecular complexity index is 592. The monoisotopic (exact) mass is 380 g/mol. The highest BCUT2D eigenvalue weighted by molar-refractivity contribution is 5.65. The smallest absolute Gasteiger partial charge is 0.302 e. The molecule has 3 N–H and O–H groups in total. The van der Waals surface area contributed by atoms with E-state index >= 15 is 0 Å². The molecule has 2 fully saturated rings. The van der Waals surface area contributed by atoms with Crippen molar-refractivity contribution in [1.82, 2.24) is 0 Å². The fourth-order valence-corrected chi connectivity index (χ4v) is 4.97. The predicted octanol–water partition coefficient (Wildman–Crippen LogP) is 3.13. The Balaban J connectivity index is 2.38. The van der Waals surface area contributed by atoms with Crippen LogP contribution in [-0.4, -0.2) is 46.2 Å². The Morgan fingerprint density at radius 3 is 2.48 bits per heavy atom. The van der Waals surface area contributed by atoms with E-state index in [1.54, 1.807) is 0 Å². The van der Waals surface area contributed by atoms with E-state index in [1.807, 2.05) is 26.8 Å². The molecule has 0 aromatic carbocycles. The SMILES string of the molecule is CC(=O)OC[C@@H]1[C@@H](/C(=C/CC=C(C)C)CO)CC[C@@]2(C)C[C@]1(O)CC[C@@H]2O. The molecule has 5 heteroatoms. The molecule has 5 atom stereocenters. The van der Waals surface area contributed by atoms with Crippen molar-refractivity contribution in [2.75, 3.05) is 13.2 Å². The normalized spacial score (nSPS) is 36.7. The van der Waals surface area contributed by atoms with Crippen LogP contribution in [0.3, 0.4) is 0 Å². The van der Waals surface area contributed by atoms with E-state index in [0.29, 0.717) is 19.3 Å². The first-order valence-electron chi connectivity index (χ1n) is 10.1. The van der Waals surface area contributed by atoms with Gasteiger partial charge in [0.05, 0.1) is 24.9 Å². The lowest BCUT2D eigenvalue weighted by molar-refractivity contribution is -0.157. The van der Waals surface area contributed by atoms with Crippen molar-refractivity contribution in [3.63, 3.8) is 0 Å². The third-order valence-corrected chi connectivity index (χ3v) is 6.60. The predicted molar refractivity (Wildman–Crippen MR) is 105 cm³/mol. The Morgan fingerprint density at radius 2 is 1.89 bits per heavy atom. The first-order chi connectivity index (χ1) is 12.6. The Kier molecular flexibility index (Phi) is 7.28. The minimum atomic E-state index is -1.00. The van der Waals surface area contributed by atoms with E-state index in [-0.39, 0.29) is 36.4 Å². The first kappa shape index (κ1) is 22.1. The van der Waals surface area contributed by atoms with E-state index < -0.39 is 11.7 Å². The summed E-state index contributed by atoms with van der Waals surface area (Å²) in [7, 11) is 0. The molecule has 0 unspecified atom stereocenters. The summed E-state index contributed by atoms with van der Waals surface area (Å²) in [5.41, 5.74) is 0.751. The highest BCUT2D eigenvalue weighted by Gasteiger charge is 2.54. The van der Waals surface area contributed by atoms with E-state index in [4.69, 9.17) is 4.74 Å². The van der Waals surface area contributed by atoms with Crippen LogP contribution in [0.4, 0.5) is 0 Å². The lowest BCUT2D eigenvalue weighted by Gasteiger charge is -2.48. The molecule has 0 aliphatic heterocycles. The van der Waals surface area contributed by atoms with Gasteiger partial charge in [-0.1, -0.05) is 24.6 Å². The fourth-order valence-electron chi connectivity index (χ4n) is 4.97. The van der Waals surface area contributed by atoms with E-state index in [0.717, 1.165) is 24.8 Å². The molecule has 0 spiro atoms. The summed E-state index contributed by atoms with van der Waals surface area (Å²) in [5, 5.41) is 32.1. The summed E-state index contributed by atoms with van der Waals surface area (Å²) in [6.07, 6.45) is 7.50. The summed E-state index contributed by atoms with van der Waals surface area (Å²) in [6.45, 7) is 7.56. The van der Waals surface area contributed by atoms with E-state index in [9.17, 15) is 20.1 Å². The average molecular weight is 381 g/mol. The summed E-state index contributed by atoms with van der Waals surface area (Å²) in [4.78, 5) is 11.4. The molecular formula is C22H36O5. The van der Waals surface area contributed by atoms with Crippen molar-refractivity contribution in [3.05, 3.63) is 23.3 Å². The largest absolute Gasteiger partial charge is 0.465 e. The van der Waals surface area contributed by atoms with Gasteiger partial charge in [0.1, 0.15) is 0 Å². The van der Waals surface area contributed by atoms with Crippen molar-refractivity contribution < 1.29 is 24.9 Å². The van der Waals surface area contributed by atoms with Crippen molar-refractivity contribution in [1.29, 1.82) is 0 Å². The van der Waals surface area contributed by atoms with Gasteiger partial charge in [-0.25, -0.2) is 0 Å². The molecule has 0 aromatic heterocycles. The number of aliphatic hydroxyl groups excluding tert-OH is 2. The van der Waals surface area contributed by atoms with Gasteiger partial charge in [-0.05, 0) is 69.3 Å². The highest BCUT2D eigenvalue weighted by atomic mass is 16.5. The molecule has 0 amide bonds. The number of rotatable bonds is 6. The molecule has 2 saturated carbocycles. The zero-order valence-electron chi connectivity index (χ0n) is 17.2. The minimum Gasteiger partial charge on any atom is -0.465 e. The van der Waals surface area contributed by atoms with Gasteiger partial charge in [-0.2, -0.15) is 0 Å². The maximum absolute atomic E-state index is 11.5. The molecule has 0 radical (unpaired) electrons. The van der Waals surface area contributed by atoms with E-state index in [1.165, 1.54) is 12.5 Å². The number of carbonyl (C=O) groups is 1. The number of aliphatic hydroxyl groups is 3. The summed E-state index contributed by atoms with van der Waals surface area (Å²) >= 11 is 0. The second-order valence-corrected chi connectivity index (χ2v) is 9.00. The van der Waals surface area contributed by atoms with Crippen LogP contribution in [0.1, 0.15) is 66.2 Å². The molecule has 2 aliphatic rings. The van der Waals surface area contributed by atoms with Gasteiger partial charge in [-0.3, -0.25) is 4.79 Å². The van der Waals surface area contributed by atoms with Crippen molar-refractivity contribution in [2.45, 2.75) is 77.9 Å². The van der Waals surface area contributed by atoms with Crippen LogP contribution in [0, 0.1) is 17.3 Å². The van der Waals surface area contributed by atoms with Crippen LogP contribution in [0.25, 0.3) is 0 Å². The van der Waals surface area contributed by atoms with Crippen LogP contribution < -0.4 is 0 Å². The molecule has 2 bridgehead atoms. The minimum absolute atomic E-state index is 0.0722. The van der Waals surface area contributed by atoms with Gasteiger partial charge in [-0.15, -0.1) is 0 Å². The molecule has 2 rings (SSSR count). The van der Waals surface area contributed by atoms with Gasteiger partial charge >= 0.3 is 5.97 Å². The molecule has 0 saturated heterocycles. The maximum Gasteiger partial charge on any atom is 0.302 e. The van der Waals surface area contributed by atoms with Gasteiger partial charge in [0, 0.05) is 12.8 Å². The van der Waals surface area contributed by atoms with Gasteiger partial charge in [0.25, 0.3) is 0 Å².